The molecule has 2 heterocycles. The molecule has 1 saturated heterocycles. The van der Waals surface area contributed by atoms with Crippen LogP contribution in [0.2, 0.25) is 5.02 Å². The van der Waals surface area contributed by atoms with Crippen molar-refractivity contribution in [3.8, 4) is 5.75 Å². The molecule has 1 aromatic heterocycles. The van der Waals surface area contributed by atoms with Crippen LogP contribution in [-0.2, 0) is 0 Å². The molecule has 1 aliphatic heterocycles. The number of benzene rings is 1. The first kappa shape index (κ1) is 21.0. The molecule has 0 bridgehead atoms. The minimum absolute atomic E-state index is 0.341. The maximum absolute atomic E-state index is 12.1. The van der Waals surface area contributed by atoms with Crippen molar-refractivity contribution >= 4 is 35.1 Å². The topological polar surface area (TPSA) is 91.4 Å². The number of hydrogen-bond donors (Lipinski definition) is 3. The fourth-order valence-electron chi connectivity index (χ4n) is 3.21. The van der Waals surface area contributed by atoms with Gasteiger partial charge in [-0.2, -0.15) is 4.98 Å². The summed E-state index contributed by atoms with van der Waals surface area (Å²) in [7, 11) is 1.54. The molecular formula is C20H27ClN6O2. The fraction of sp³-hybridized carbons (Fsp3) is 0.450. The number of nitrogens with zero attached hydrogens (tertiary/aromatic N) is 3. The molecule has 8 nitrogen and oxygen atoms in total. The van der Waals surface area contributed by atoms with Gasteiger partial charge in [-0.3, -0.25) is 0 Å². The summed E-state index contributed by atoms with van der Waals surface area (Å²) in [5.41, 5.74) is 1.43. The largest absolute Gasteiger partial charge is 0.495 e. The Balaban J connectivity index is 1.48. The summed E-state index contributed by atoms with van der Waals surface area (Å²) in [6.45, 7) is 4.94. The van der Waals surface area contributed by atoms with Crippen LogP contribution in [0, 0.1) is 6.92 Å². The average molecular weight is 419 g/mol. The van der Waals surface area contributed by atoms with Crippen molar-refractivity contribution in [1.29, 1.82) is 0 Å². The normalized spacial score (nSPS) is 13.7. The zero-order valence-electron chi connectivity index (χ0n) is 16.8. The smallest absolute Gasteiger partial charge is 0.319 e. The Bertz CT molecular complexity index is 842. The van der Waals surface area contributed by atoms with Crippen LogP contribution in [0.25, 0.3) is 0 Å². The van der Waals surface area contributed by atoms with Gasteiger partial charge in [0, 0.05) is 43.0 Å². The lowest BCUT2D eigenvalue weighted by molar-refractivity contribution is 0.252. The summed E-state index contributed by atoms with van der Waals surface area (Å²) in [6.07, 6.45) is 3.67. The molecule has 0 radical (unpaired) electrons. The highest BCUT2D eigenvalue weighted by atomic mass is 35.5. The van der Waals surface area contributed by atoms with E-state index in [4.69, 9.17) is 16.3 Å². The second-order valence-corrected chi connectivity index (χ2v) is 7.33. The van der Waals surface area contributed by atoms with Gasteiger partial charge in [-0.05, 0) is 44.4 Å². The summed E-state index contributed by atoms with van der Waals surface area (Å²) >= 11 is 5.98. The number of halogens is 1. The van der Waals surface area contributed by atoms with Crippen molar-refractivity contribution in [2.75, 3.05) is 48.8 Å². The first-order valence-electron chi connectivity index (χ1n) is 9.78. The molecule has 0 unspecified atom stereocenters. The summed E-state index contributed by atoms with van der Waals surface area (Å²) < 4.78 is 5.22. The van der Waals surface area contributed by atoms with Crippen LogP contribution in [0.15, 0.2) is 24.3 Å². The molecule has 0 aliphatic carbocycles. The number of carbonyl (C=O) groups excluding carboxylic acids is 1. The number of rotatable bonds is 7. The number of urea groups is 1. The van der Waals surface area contributed by atoms with E-state index in [1.54, 1.807) is 18.2 Å². The molecule has 156 valence electrons. The Hall–Kier alpha value is -2.74. The molecule has 2 aromatic rings. The van der Waals surface area contributed by atoms with Crippen LogP contribution in [0.4, 0.5) is 22.2 Å². The Labute approximate surface area is 176 Å². The van der Waals surface area contributed by atoms with Crippen molar-refractivity contribution < 1.29 is 9.53 Å². The predicted molar refractivity (Wildman–Crippen MR) is 116 cm³/mol. The van der Waals surface area contributed by atoms with Gasteiger partial charge in [-0.1, -0.05) is 11.6 Å². The molecule has 9 heteroatoms. The van der Waals surface area contributed by atoms with Gasteiger partial charge < -0.3 is 25.6 Å². The van der Waals surface area contributed by atoms with E-state index in [2.05, 4.69) is 30.8 Å². The summed E-state index contributed by atoms with van der Waals surface area (Å²) in [4.78, 5) is 23.5. The van der Waals surface area contributed by atoms with E-state index in [1.807, 2.05) is 13.0 Å². The van der Waals surface area contributed by atoms with E-state index in [1.165, 1.54) is 26.4 Å². The molecule has 1 fully saturated rings. The van der Waals surface area contributed by atoms with E-state index < -0.39 is 0 Å². The van der Waals surface area contributed by atoms with Gasteiger partial charge in [0.2, 0.25) is 5.95 Å². The van der Waals surface area contributed by atoms with Crippen LogP contribution in [0.3, 0.4) is 0 Å². The second-order valence-electron chi connectivity index (χ2n) is 6.89. The number of hydrogen-bond acceptors (Lipinski definition) is 6. The third kappa shape index (κ3) is 6.12. The van der Waals surface area contributed by atoms with Crippen molar-refractivity contribution in [2.45, 2.75) is 26.2 Å². The van der Waals surface area contributed by atoms with Gasteiger partial charge in [0.1, 0.15) is 11.6 Å². The third-order valence-electron chi connectivity index (χ3n) is 4.62. The SMILES string of the molecule is COc1ccc(Cl)cc1NC(=O)NCCNc1nc(C)cc(N2CCCCC2)n1. The number of carbonyl (C=O) groups is 1. The van der Waals surface area contributed by atoms with Crippen LogP contribution in [-0.4, -0.2) is 49.3 Å². The predicted octanol–water partition coefficient (Wildman–Crippen LogP) is 3.67. The minimum Gasteiger partial charge on any atom is -0.495 e. The highest BCUT2D eigenvalue weighted by Crippen LogP contribution is 2.27. The number of piperidine rings is 1. The minimum atomic E-state index is -0.341. The molecule has 1 aromatic carbocycles. The van der Waals surface area contributed by atoms with Crippen molar-refractivity contribution in [3.63, 3.8) is 0 Å². The van der Waals surface area contributed by atoms with Crippen LogP contribution < -0.4 is 25.6 Å². The monoisotopic (exact) mass is 418 g/mol. The summed E-state index contributed by atoms with van der Waals surface area (Å²) in [6, 6.07) is 6.72. The molecular weight excluding hydrogens is 392 g/mol. The van der Waals surface area contributed by atoms with Crippen LogP contribution in [0.5, 0.6) is 5.75 Å². The van der Waals surface area contributed by atoms with Gasteiger partial charge >= 0.3 is 6.03 Å². The van der Waals surface area contributed by atoms with Gasteiger partial charge in [0.15, 0.2) is 0 Å². The van der Waals surface area contributed by atoms with E-state index in [0.717, 1.165) is 24.6 Å². The summed E-state index contributed by atoms with van der Waals surface area (Å²) in [5.74, 6) is 2.07. The van der Waals surface area contributed by atoms with E-state index in [0.29, 0.717) is 35.5 Å². The Morgan fingerprint density at radius 1 is 1.17 bits per heavy atom. The summed E-state index contributed by atoms with van der Waals surface area (Å²) in [5, 5.41) is 9.22. The van der Waals surface area contributed by atoms with E-state index in [-0.39, 0.29) is 6.03 Å². The van der Waals surface area contributed by atoms with Crippen molar-refractivity contribution in [3.05, 3.63) is 35.0 Å². The molecule has 0 atom stereocenters. The zero-order valence-corrected chi connectivity index (χ0v) is 17.6. The molecule has 3 rings (SSSR count). The van der Waals surface area contributed by atoms with Crippen LogP contribution >= 0.6 is 11.6 Å². The first-order valence-corrected chi connectivity index (χ1v) is 10.2. The molecule has 2 amide bonds. The van der Waals surface area contributed by atoms with Gasteiger partial charge in [0.25, 0.3) is 0 Å². The van der Waals surface area contributed by atoms with E-state index >= 15 is 0 Å². The Morgan fingerprint density at radius 3 is 2.72 bits per heavy atom. The molecule has 0 spiro atoms. The standard InChI is InChI=1S/C20H27ClN6O2/c1-14-12-18(27-10-4-3-5-11-27)26-19(24-14)22-8-9-23-20(28)25-16-13-15(21)6-7-17(16)29-2/h6-7,12-13H,3-5,8-11H2,1-2H3,(H,22,24,26)(H2,23,25,28). The molecule has 3 N–H and O–H groups in total. The number of anilines is 3. The van der Waals surface area contributed by atoms with Crippen molar-refractivity contribution in [2.24, 2.45) is 0 Å². The van der Waals surface area contributed by atoms with Gasteiger partial charge in [-0.25, -0.2) is 9.78 Å². The number of amides is 2. The Morgan fingerprint density at radius 2 is 1.97 bits per heavy atom. The number of nitrogens with one attached hydrogen (secondary N) is 3. The zero-order chi connectivity index (χ0) is 20.6. The van der Waals surface area contributed by atoms with Gasteiger partial charge in [-0.15, -0.1) is 0 Å². The number of ether oxygens (including phenoxy) is 1. The highest BCUT2D eigenvalue weighted by molar-refractivity contribution is 6.31. The van der Waals surface area contributed by atoms with E-state index in [9.17, 15) is 4.79 Å². The third-order valence-corrected chi connectivity index (χ3v) is 4.86. The maximum atomic E-state index is 12.1. The Kier molecular flexibility index (Phi) is 7.35. The lowest BCUT2D eigenvalue weighted by atomic mass is 10.1. The van der Waals surface area contributed by atoms with Crippen LogP contribution in [0.1, 0.15) is 25.0 Å². The first-order chi connectivity index (χ1) is 14.0. The number of methoxy groups -OCH3 is 1. The number of aryl methyl sites for hydroxylation is 1. The highest BCUT2D eigenvalue weighted by Gasteiger charge is 2.14. The lowest BCUT2D eigenvalue weighted by Gasteiger charge is -2.28. The second kappa shape index (κ2) is 10.2. The number of aromatic nitrogens is 2. The average Bonchev–Trinajstić information content (AvgIpc) is 2.72. The molecule has 29 heavy (non-hydrogen) atoms. The lowest BCUT2D eigenvalue weighted by Crippen LogP contribution is -2.33. The van der Waals surface area contributed by atoms with Crippen molar-refractivity contribution in [1.82, 2.24) is 15.3 Å². The quantitative estimate of drug-likeness (QED) is 0.594. The van der Waals surface area contributed by atoms with Gasteiger partial charge in [0.05, 0.1) is 12.8 Å². The molecule has 1 aliphatic rings. The molecule has 0 saturated carbocycles. The fourth-order valence-corrected chi connectivity index (χ4v) is 3.38. The maximum Gasteiger partial charge on any atom is 0.319 e.